The van der Waals surface area contributed by atoms with Crippen LogP contribution in [0.25, 0.3) is 0 Å². The highest BCUT2D eigenvalue weighted by Crippen LogP contribution is 2.20. The Morgan fingerprint density at radius 1 is 1.10 bits per heavy atom. The molecule has 0 spiro atoms. The molecule has 1 aromatic carbocycles. The zero-order valence-electron chi connectivity index (χ0n) is 11.3. The van der Waals surface area contributed by atoms with Gasteiger partial charge in [0.15, 0.2) is 12.4 Å². The number of ether oxygens (including phenoxy) is 1. The predicted octanol–water partition coefficient (Wildman–Crippen LogP) is 2.22. The van der Waals surface area contributed by atoms with E-state index in [9.17, 15) is 0 Å². The fraction of sp³-hybridized carbons (Fsp3) is 0.133. The number of hydrogen-bond donors (Lipinski definition) is 1. The van der Waals surface area contributed by atoms with Gasteiger partial charge in [-0.1, -0.05) is 23.4 Å². The van der Waals surface area contributed by atoms with Crippen LogP contribution in [0.3, 0.4) is 0 Å². The van der Waals surface area contributed by atoms with Crippen LogP contribution in [0.2, 0.25) is 0 Å². The van der Waals surface area contributed by atoms with E-state index in [1.165, 1.54) is 0 Å². The molecular weight excluding hydrogens is 268 g/mol. The molecule has 0 unspecified atom stereocenters. The largest absolute Gasteiger partial charge is 0.482 e. The maximum atomic E-state index is 5.79. The Bertz CT molecular complexity index is 712. The van der Waals surface area contributed by atoms with E-state index < -0.39 is 0 Å². The molecule has 106 valence electrons. The minimum atomic E-state index is 0.184. The monoisotopic (exact) mass is 282 g/mol. The quantitative estimate of drug-likeness (QED) is 0.722. The molecule has 3 aromatic rings. The number of nitrogens with zero attached hydrogens (tertiary/aromatic N) is 3. The molecule has 2 aromatic heterocycles. The van der Waals surface area contributed by atoms with Gasteiger partial charge in [-0.05, 0) is 24.3 Å². The van der Waals surface area contributed by atoms with Gasteiger partial charge in [0.25, 0.3) is 5.89 Å². The van der Waals surface area contributed by atoms with Crippen molar-refractivity contribution < 1.29 is 9.26 Å². The summed E-state index contributed by atoms with van der Waals surface area (Å²) in [6, 6.07) is 13.0. The van der Waals surface area contributed by atoms with Crippen molar-refractivity contribution in [3.05, 3.63) is 66.1 Å². The molecule has 0 aliphatic heterocycles. The second-order valence-corrected chi connectivity index (χ2v) is 4.43. The first-order chi connectivity index (χ1) is 10.3. The van der Waals surface area contributed by atoms with Crippen LogP contribution in [0.1, 0.15) is 17.4 Å². The third kappa shape index (κ3) is 3.36. The molecule has 0 amide bonds. The summed E-state index contributed by atoms with van der Waals surface area (Å²) in [5.74, 6) is 1.58. The molecule has 21 heavy (non-hydrogen) atoms. The first-order valence-electron chi connectivity index (χ1n) is 6.50. The molecule has 0 atom stereocenters. The lowest BCUT2D eigenvalue weighted by atomic mass is 10.2. The number of nitrogens with two attached hydrogens (primary N) is 1. The first-order valence-corrected chi connectivity index (χ1v) is 6.50. The summed E-state index contributed by atoms with van der Waals surface area (Å²) in [6.45, 7) is 0.184. The van der Waals surface area contributed by atoms with Gasteiger partial charge in [-0.3, -0.25) is 4.98 Å². The normalized spacial score (nSPS) is 10.5. The van der Waals surface area contributed by atoms with Crippen LogP contribution in [0.15, 0.2) is 53.2 Å². The van der Waals surface area contributed by atoms with Crippen molar-refractivity contribution in [1.82, 2.24) is 15.1 Å². The number of rotatable bonds is 5. The van der Waals surface area contributed by atoms with E-state index in [0.29, 0.717) is 29.6 Å². The van der Waals surface area contributed by atoms with E-state index in [1.54, 1.807) is 18.3 Å². The van der Waals surface area contributed by atoms with Gasteiger partial charge in [0.1, 0.15) is 5.75 Å². The molecular formula is C15H14N4O2. The SMILES string of the molecule is Nc1ccccc1OCc1nc(Cc2ccccn2)no1. The summed E-state index contributed by atoms with van der Waals surface area (Å²) in [5, 5.41) is 3.91. The zero-order chi connectivity index (χ0) is 14.5. The molecule has 3 rings (SSSR count). The maximum absolute atomic E-state index is 5.79. The number of nitrogen functional groups attached to an aromatic ring is 1. The Kier molecular flexibility index (Phi) is 3.77. The summed E-state index contributed by atoms with van der Waals surface area (Å²) in [4.78, 5) is 8.49. The molecule has 0 radical (unpaired) electrons. The highest BCUT2D eigenvalue weighted by Gasteiger charge is 2.09. The number of para-hydroxylation sites is 2. The molecule has 0 saturated heterocycles. The number of anilines is 1. The summed E-state index contributed by atoms with van der Waals surface area (Å²) in [7, 11) is 0. The van der Waals surface area contributed by atoms with Crippen LogP contribution >= 0.6 is 0 Å². The fourth-order valence-electron chi connectivity index (χ4n) is 1.84. The lowest BCUT2D eigenvalue weighted by Crippen LogP contribution is -1.99. The minimum absolute atomic E-state index is 0.184. The summed E-state index contributed by atoms with van der Waals surface area (Å²) >= 11 is 0. The zero-order valence-corrected chi connectivity index (χ0v) is 11.3. The smallest absolute Gasteiger partial charge is 0.264 e. The van der Waals surface area contributed by atoms with Crippen molar-refractivity contribution in [3.63, 3.8) is 0 Å². The second kappa shape index (κ2) is 6.04. The van der Waals surface area contributed by atoms with Crippen molar-refractivity contribution >= 4 is 5.69 Å². The Balaban J connectivity index is 1.62. The van der Waals surface area contributed by atoms with Crippen LogP contribution in [0.4, 0.5) is 5.69 Å². The molecule has 0 aliphatic carbocycles. The van der Waals surface area contributed by atoms with E-state index in [4.69, 9.17) is 15.0 Å². The van der Waals surface area contributed by atoms with Crippen LogP contribution in [0, 0.1) is 0 Å². The molecule has 0 saturated carbocycles. The first kappa shape index (κ1) is 13.1. The molecule has 0 fully saturated rings. The summed E-state index contributed by atoms with van der Waals surface area (Å²) in [6.07, 6.45) is 2.26. The van der Waals surface area contributed by atoms with E-state index in [1.807, 2.05) is 30.3 Å². The van der Waals surface area contributed by atoms with Gasteiger partial charge < -0.3 is 15.0 Å². The van der Waals surface area contributed by atoms with Crippen LogP contribution in [0.5, 0.6) is 5.75 Å². The van der Waals surface area contributed by atoms with Crippen molar-refractivity contribution in [2.45, 2.75) is 13.0 Å². The van der Waals surface area contributed by atoms with Crippen molar-refractivity contribution in [3.8, 4) is 5.75 Å². The molecule has 0 bridgehead atoms. The molecule has 2 heterocycles. The highest BCUT2D eigenvalue weighted by atomic mass is 16.5. The summed E-state index contributed by atoms with van der Waals surface area (Å²) in [5.41, 5.74) is 7.25. The number of aromatic nitrogens is 3. The average Bonchev–Trinajstić information content (AvgIpc) is 2.95. The number of pyridine rings is 1. The summed E-state index contributed by atoms with van der Waals surface area (Å²) < 4.78 is 10.7. The lowest BCUT2D eigenvalue weighted by Gasteiger charge is -2.05. The van der Waals surface area contributed by atoms with E-state index in [0.717, 1.165) is 5.69 Å². The minimum Gasteiger partial charge on any atom is -0.482 e. The van der Waals surface area contributed by atoms with E-state index in [2.05, 4.69) is 15.1 Å². The van der Waals surface area contributed by atoms with Crippen LogP contribution < -0.4 is 10.5 Å². The van der Waals surface area contributed by atoms with E-state index in [-0.39, 0.29) is 6.61 Å². The second-order valence-electron chi connectivity index (χ2n) is 4.43. The predicted molar refractivity (Wildman–Crippen MR) is 76.5 cm³/mol. The third-order valence-corrected chi connectivity index (χ3v) is 2.85. The Morgan fingerprint density at radius 3 is 2.76 bits per heavy atom. The van der Waals surface area contributed by atoms with Gasteiger partial charge in [0, 0.05) is 11.9 Å². The van der Waals surface area contributed by atoms with Crippen LogP contribution in [-0.2, 0) is 13.0 Å². The Hall–Kier alpha value is -2.89. The molecule has 6 nitrogen and oxygen atoms in total. The number of hydrogen-bond acceptors (Lipinski definition) is 6. The Labute approximate surface area is 121 Å². The number of benzene rings is 1. The van der Waals surface area contributed by atoms with Gasteiger partial charge in [-0.2, -0.15) is 4.98 Å². The fourth-order valence-corrected chi connectivity index (χ4v) is 1.84. The standard InChI is InChI=1S/C15H14N4O2/c16-12-6-1-2-7-13(12)20-10-15-18-14(19-21-15)9-11-5-3-4-8-17-11/h1-8H,9-10,16H2. The van der Waals surface area contributed by atoms with Crippen LogP contribution in [-0.4, -0.2) is 15.1 Å². The van der Waals surface area contributed by atoms with Gasteiger partial charge >= 0.3 is 0 Å². The highest BCUT2D eigenvalue weighted by molar-refractivity contribution is 5.51. The molecule has 6 heteroatoms. The van der Waals surface area contributed by atoms with Gasteiger partial charge in [-0.25, -0.2) is 0 Å². The maximum Gasteiger partial charge on any atom is 0.264 e. The molecule has 2 N–H and O–H groups in total. The lowest BCUT2D eigenvalue weighted by molar-refractivity contribution is 0.243. The van der Waals surface area contributed by atoms with E-state index >= 15 is 0 Å². The van der Waals surface area contributed by atoms with Crippen molar-refractivity contribution in [2.75, 3.05) is 5.73 Å². The van der Waals surface area contributed by atoms with Gasteiger partial charge in [0.2, 0.25) is 0 Å². The van der Waals surface area contributed by atoms with Crippen molar-refractivity contribution in [2.24, 2.45) is 0 Å². The third-order valence-electron chi connectivity index (χ3n) is 2.85. The van der Waals surface area contributed by atoms with Gasteiger partial charge in [-0.15, -0.1) is 0 Å². The van der Waals surface area contributed by atoms with Gasteiger partial charge in [0.05, 0.1) is 12.1 Å². The Morgan fingerprint density at radius 2 is 1.95 bits per heavy atom. The topological polar surface area (TPSA) is 87.1 Å². The van der Waals surface area contributed by atoms with Crippen molar-refractivity contribution in [1.29, 1.82) is 0 Å². The molecule has 0 aliphatic rings. The average molecular weight is 282 g/mol.